The van der Waals surface area contributed by atoms with Crippen LogP contribution in [0.25, 0.3) is 0 Å². The van der Waals surface area contributed by atoms with Gasteiger partial charge in [0.05, 0.1) is 17.5 Å². The van der Waals surface area contributed by atoms with Gasteiger partial charge in [0, 0.05) is 37.7 Å². The van der Waals surface area contributed by atoms with Gasteiger partial charge in [-0.15, -0.1) is 0 Å². The molecule has 2 aromatic rings. The van der Waals surface area contributed by atoms with Crippen LogP contribution in [0.4, 0.5) is 16.3 Å². The van der Waals surface area contributed by atoms with Crippen molar-refractivity contribution < 1.29 is 14.3 Å². The molecule has 2 aromatic heterocycles. The Labute approximate surface area is 165 Å². The second-order valence-electron chi connectivity index (χ2n) is 7.19. The number of ether oxygens (including phenoxy) is 2. The Balaban J connectivity index is 1.56. The molecule has 0 aliphatic carbocycles. The first kappa shape index (κ1) is 19.9. The Morgan fingerprint density at radius 3 is 2.64 bits per heavy atom. The van der Waals surface area contributed by atoms with Crippen LogP contribution < -0.4 is 10.1 Å². The lowest BCUT2D eigenvalue weighted by Crippen LogP contribution is -2.42. The summed E-state index contributed by atoms with van der Waals surface area (Å²) in [5.41, 5.74) is 2.77. The van der Waals surface area contributed by atoms with Crippen LogP contribution in [0.3, 0.4) is 0 Å². The molecular weight excluding hydrogens is 358 g/mol. The molecule has 0 bridgehead atoms. The van der Waals surface area contributed by atoms with E-state index < -0.39 is 0 Å². The number of aryl methyl sites for hydroxylation is 2. The maximum atomic E-state index is 12.0. The van der Waals surface area contributed by atoms with Gasteiger partial charge in [0.25, 0.3) is 0 Å². The average molecular weight is 385 g/mol. The number of likely N-dealkylation sites (tertiary alicyclic amines) is 1. The summed E-state index contributed by atoms with van der Waals surface area (Å²) in [6, 6.07) is 5.71. The van der Waals surface area contributed by atoms with E-state index in [4.69, 9.17) is 9.47 Å². The van der Waals surface area contributed by atoms with E-state index in [1.165, 1.54) is 6.33 Å². The van der Waals surface area contributed by atoms with E-state index in [0.717, 1.165) is 29.9 Å². The molecule has 8 nitrogen and oxygen atoms in total. The van der Waals surface area contributed by atoms with Crippen LogP contribution in [0.5, 0.6) is 5.88 Å². The molecule has 3 rings (SSSR count). The topological polar surface area (TPSA) is 89.5 Å². The van der Waals surface area contributed by atoms with Crippen molar-refractivity contribution in [3.63, 3.8) is 0 Å². The number of pyridine rings is 1. The number of amides is 1. The highest BCUT2D eigenvalue weighted by Gasteiger charge is 2.25. The average Bonchev–Trinajstić information content (AvgIpc) is 2.64. The Morgan fingerprint density at radius 1 is 1.21 bits per heavy atom. The number of nitrogens with one attached hydrogen (secondary N) is 1. The van der Waals surface area contributed by atoms with Gasteiger partial charge in [-0.2, -0.15) is 0 Å². The minimum absolute atomic E-state index is 0.00799. The van der Waals surface area contributed by atoms with E-state index in [9.17, 15) is 4.79 Å². The predicted octanol–water partition coefficient (Wildman–Crippen LogP) is 3.62. The third-order valence-electron chi connectivity index (χ3n) is 4.45. The lowest BCUT2D eigenvalue weighted by molar-refractivity contribution is 0.0507. The van der Waals surface area contributed by atoms with Gasteiger partial charge in [-0.3, -0.25) is 4.98 Å². The molecule has 1 fully saturated rings. The van der Waals surface area contributed by atoms with Crippen molar-refractivity contribution in [2.75, 3.05) is 18.4 Å². The number of carbonyl (C=O) groups is 1. The first-order valence-electron chi connectivity index (χ1n) is 9.56. The molecular formula is C20H27N5O3. The van der Waals surface area contributed by atoms with Gasteiger partial charge in [-0.1, -0.05) is 0 Å². The third-order valence-corrected chi connectivity index (χ3v) is 4.45. The van der Waals surface area contributed by atoms with Crippen molar-refractivity contribution >= 4 is 17.6 Å². The number of carbonyl (C=O) groups excluding carboxylic acids is 1. The summed E-state index contributed by atoms with van der Waals surface area (Å²) in [6.07, 6.45) is 2.59. The van der Waals surface area contributed by atoms with Crippen molar-refractivity contribution in [1.29, 1.82) is 0 Å². The molecule has 3 heterocycles. The Hall–Kier alpha value is -2.90. The molecule has 1 amide bonds. The molecule has 1 N–H and O–H groups in total. The summed E-state index contributed by atoms with van der Waals surface area (Å²) in [4.78, 5) is 26.6. The minimum Gasteiger partial charge on any atom is -0.474 e. The van der Waals surface area contributed by atoms with E-state index in [1.54, 1.807) is 11.0 Å². The van der Waals surface area contributed by atoms with Gasteiger partial charge in [-0.25, -0.2) is 14.8 Å². The normalized spacial score (nSPS) is 14.8. The van der Waals surface area contributed by atoms with Gasteiger partial charge in [0.2, 0.25) is 5.88 Å². The SMILES string of the molecule is Cc1ccc(Nc2cc(OC3CCN(C(=O)OC(C)C)CC3)ncn2)c(C)n1. The van der Waals surface area contributed by atoms with Crippen LogP contribution in [-0.4, -0.2) is 51.2 Å². The van der Waals surface area contributed by atoms with Gasteiger partial charge >= 0.3 is 6.09 Å². The number of anilines is 2. The minimum atomic E-state index is -0.260. The fourth-order valence-electron chi connectivity index (χ4n) is 3.03. The highest BCUT2D eigenvalue weighted by Crippen LogP contribution is 2.22. The lowest BCUT2D eigenvalue weighted by atomic mass is 10.1. The fourth-order valence-corrected chi connectivity index (χ4v) is 3.03. The molecule has 1 saturated heterocycles. The number of piperidine rings is 1. The molecule has 150 valence electrons. The molecule has 1 aliphatic rings. The number of nitrogens with zero attached hydrogens (tertiary/aromatic N) is 4. The van der Waals surface area contributed by atoms with Gasteiger partial charge in [-0.05, 0) is 39.8 Å². The Kier molecular flexibility index (Phi) is 6.28. The number of hydrogen-bond donors (Lipinski definition) is 1. The number of rotatable bonds is 5. The quantitative estimate of drug-likeness (QED) is 0.841. The van der Waals surface area contributed by atoms with Crippen molar-refractivity contribution in [3.05, 3.63) is 35.9 Å². The van der Waals surface area contributed by atoms with Gasteiger partial charge in [0.1, 0.15) is 18.2 Å². The maximum Gasteiger partial charge on any atom is 0.410 e. The summed E-state index contributed by atoms with van der Waals surface area (Å²) in [5.74, 6) is 1.16. The summed E-state index contributed by atoms with van der Waals surface area (Å²) in [5, 5.41) is 3.25. The Morgan fingerprint density at radius 2 is 1.96 bits per heavy atom. The van der Waals surface area contributed by atoms with Crippen LogP contribution in [0, 0.1) is 13.8 Å². The van der Waals surface area contributed by atoms with Crippen LogP contribution in [-0.2, 0) is 4.74 Å². The Bertz CT molecular complexity index is 819. The smallest absolute Gasteiger partial charge is 0.410 e. The van der Waals surface area contributed by atoms with E-state index >= 15 is 0 Å². The third kappa shape index (κ3) is 5.31. The first-order chi connectivity index (χ1) is 13.4. The molecule has 28 heavy (non-hydrogen) atoms. The maximum absolute atomic E-state index is 12.0. The molecule has 0 radical (unpaired) electrons. The summed E-state index contributed by atoms with van der Waals surface area (Å²) >= 11 is 0. The van der Waals surface area contributed by atoms with Gasteiger partial charge in [0.15, 0.2) is 0 Å². The first-order valence-corrected chi connectivity index (χ1v) is 9.56. The van der Waals surface area contributed by atoms with Crippen LogP contribution >= 0.6 is 0 Å². The molecule has 8 heteroatoms. The highest BCUT2D eigenvalue weighted by molar-refractivity contribution is 5.67. The van der Waals surface area contributed by atoms with E-state index in [1.807, 2.05) is 39.8 Å². The summed E-state index contributed by atoms with van der Waals surface area (Å²) < 4.78 is 11.3. The van der Waals surface area contributed by atoms with Crippen molar-refractivity contribution in [1.82, 2.24) is 19.9 Å². The standard InChI is InChI=1S/C20H27N5O3/c1-13(2)27-20(26)25-9-7-16(8-10-25)28-19-11-18(21-12-22-19)24-17-6-5-14(3)23-15(17)4/h5-6,11-13,16H,7-10H2,1-4H3,(H,21,22,24). The molecule has 0 spiro atoms. The molecule has 0 unspecified atom stereocenters. The zero-order valence-electron chi connectivity index (χ0n) is 16.8. The van der Waals surface area contributed by atoms with E-state index in [0.29, 0.717) is 24.8 Å². The molecule has 0 aromatic carbocycles. The van der Waals surface area contributed by atoms with Crippen LogP contribution in [0.1, 0.15) is 38.1 Å². The summed E-state index contributed by atoms with van der Waals surface area (Å²) in [7, 11) is 0. The molecule has 0 saturated carbocycles. The van der Waals surface area contributed by atoms with E-state index in [-0.39, 0.29) is 18.3 Å². The predicted molar refractivity (Wildman–Crippen MR) is 106 cm³/mol. The summed E-state index contributed by atoms with van der Waals surface area (Å²) in [6.45, 7) is 8.83. The van der Waals surface area contributed by atoms with Crippen molar-refractivity contribution in [3.8, 4) is 5.88 Å². The largest absolute Gasteiger partial charge is 0.474 e. The monoisotopic (exact) mass is 385 g/mol. The zero-order chi connectivity index (χ0) is 20.1. The highest BCUT2D eigenvalue weighted by atomic mass is 16.6. The number of hydrogen-bond acceptors (Lipinski definition) is 7. The fraction of sp³-hybridized carbons (Fsp3) is 0.500. The second-order valence-corrected chi connectivity index (χ2v) is 7.19. The van der Waals surface area contributed by atoms with Crippen molar-refractivity contribution in [2.24, 2.45) is 0 Å². The zero-order valence-corrected chi connectivity index (χ0v) is 16.8. The molecule has 1 aliphatic heterocycles. The van der Waals surface area contributed by atoms with Crippen LogP contribution in [0.15, 0.2) is 24.5 Å². The second kappa shape index (κ2) is 8.86. The van der Waals surface area contributed by atoms with E-state index in [2.05, 4.69) is 20.3 Å². The number of aromatic nitrogens is 3. The van der Waals surface area contributed by atoms with Crippen molar-refractivity contribution in [2.45, 2.75) is 52.7 Å². The van der Waals surface area contributed by atoms with Crippen LogP contribution in [0.2, 0.25) is 0 Å². The van der Waals surface area contributed by atoms with Gasteiger partial charge < -0.3 is 19.7 Å². The lowest BCUT2D eigenvalue weighted by Gasteiger charge is -2.31. The molecule has 0 atom stereocenters.